The minimum atomic E-state index is -0.413. The molecule has 6 rings (SSSR count). The number of nitrogens with zero attached hydrogens (tertiary/aromatic N) is 5. The molecule has 0 bridgehead atoms. The summed E-state index contributed by atoms with van der Waals surface area (Å²) in [7, 11) is 0. The number of carbonyl (C=O) groups is 3. The Morgan fingerprint density at radius 2 is 1.75 bits per heavy atom. The fraction of sp³-hybridized carbons (Fsp3) is 0.636. The van der Waals surface area contributed by atoms with E-state index in [1.54, 1.807) is 11.8 Å². The number of aromatic nitrogens is 2. The summed E-state index contributed by atoms with van der Waals surface area (Å²) in [5, 5.41) is 10.9. The Morgan fingerprint density at radius 3 is 2.50 bits per heavy atom. The van der Waals surface area contributed by atoms with Gasteiger partial charge in [-0.2, -0.15) is 5.10 Å². The molecule has 4 amide bonds. The smallest absolute Gasteiger partial charge is 0.322 e. The van der Waals surface area contributed by atoms with Gasteiger partial charge in [0.1, 0.15) is 5.37 Å². The maximum atomic E-state index is 13.8. The van der Waals surface area contributed by atoms with Crippen molar-refractivity contribution >= 4 is 35.3 Å². The van der Waals surface area contributed by atoms with Gasteiger partial charge in [0, 0.05) is 50.5 Å². The number of amides is 4. The van der Waals surface area contributed by atoms with Crippen LogP contribution in [0.2, 0.25) is 0 Å². The predicted octanol–water partition coefficient (Wildman–Crippen LogP) is 4.66. The highest BCUT2D eigenvalue weighted by Gasteiger charge is 2.44. The Kier molecular flexibility index (Phi) is 9.23. The molecule has 10 nitrogen and oxygen atoms in total. The third kappa shape index (κ3) is 6.93. The highest BCUT2D eigenvalue weighted by atomic mass is 32.2. The number of anilines is 1. The Hall–Kier alpha value is -3.05. The molecule has 0 aliphatic carbocycles. The zero-order valence-corrected chi connectivity index (χ0v) is 27.2. The monoisotopic (exact) mass is 621 g/mol. The molecule has 1 unspecified atom stereocenters. The van der Waals surface area contributed by atoms with Crippen molar-refractivity contribution in [2.75, 3.05) is 44.6 Å². The molecule has 238 valence electrons. The van der Waals surface area contributed by atoms with Gasteiger partial charge < -0.3 is 25.3 Å². The van der Waals surface area contributed by atoms with E-state index in [2.05, 4.69) is 54.4 Å². The van der Waals surface area contributed by atoms with Gasteiger partial charge in [0.15, 0.2) is 0 Å². The minimum Gasteiger partial charge on any atom is -0.342 e. The minimum absolute atomic E-state index is 0.0266. The number of likely N-dealkylation sites (tertiary alicyclic amines) is 1. The number of hydrogen-bond acceptors (Lipinski definition) is 6. The zero-order chi connectivity index (χ0) is 30.8. The first-order valence-corrected chi connectivity index (χ1v) is 17.3. The van der Waals surface area contributed by atoms with E-state index >= 15 is 0 Å². The lowest BCUT2D eigenvalue weighted by molar-refractivity contribution is -0.137. The van der Waals surface area contributed by atoms with Gasteiger partial charge in [-0.15, -0.1) is 11.8 Å². The van der Waals surface area contributed by atoms with E-state index in [0.29, 0.717) is 32.2 Å². The summed E-state index contributed by atoms with van der Waals surface area (Å²) in [6, 6.07) is 10.5. The second-order valence-electron chi connectivity index (χ2n) is 13.9. The number of nitrogens with one attached hydrogen (secondary N) is 2. The fourth-order valence-corrected chi connectivity index (χ4v) is 8.27. The first-order valence-electron chi connectivity index (χ1n) is 16.3. The van der Waals surface area contributed by atoms with Gasteiger partial charge in [0.25, 0.3) is 0 Å². The molecule has 0 spiro atoms. The molecule has 0 radical (unpaired) electrons. The molecule has 3 saturated heterocycles. The number of para-hydroxylation sites is 1. The summed E-state index contributed by atoms with van der Waals surface area (Å²) in [5.41, 5.74) is 3.04. The summed E-state index contributed by atoms with van der Waals surface area (Å²) in [6.07, 6.45) is 7.55. The van der Waals surface area contributed by atoms with Gasteiger partial charge in [0.2, 0.25) is 11.8 Å². The Balaban J connectivity index is 1.07. The second-order valence-corrected chi connectivity index (χ2v) is 15.2. The molecule has 4 aliphatic heterocycles. The van der Waals surface area contributed by atoms with Crippen LogP contribution in [0.5, 0.6) is 0 Å². The lowest BCUT2D eigenvalue weighted by atomic mass is 9.92. The van der Waals surface area contributed by atoms with Crippen LogP contribution in [0.25, 0.3) is 0 Å². The van der Waals surface area contributed by atoms with Crippen LogP contribution in [0, 0.1) is 5.41 Å². The van der Waals surface area contributed by atoms with Crippen LogP contribution in [-0.2, 0) is 16.0 Å². The number of piperidine rings is 2. The van der Waals surface area contributed by atoms with Crippen LogP contribution in [0.4, 0.5) is 10.5 Å². The first kappa shape index (κ1) is 31.0. The molecule has 2 aromatic rings. The van der Waals surface area contributed by atoms with Gasteiger partial charge in [-0.25, -0.2) is 4.79 Å². The van der Waals surface area contributed by atoms with Crippen molar-refractivity contribution < 1.29 is 14.4 Å². The van der Waals surface area contributed by atoms with E-state index in [1.807, 2.05) is 32.9 Å². The molecule has 4 aliphatic rings. The maximum Gasteiger partial charge on any atom is 0.322 e. The van der Waals surface area contributed by atoms with Crippen molar-refractivity contribution in [2.45, 2.75) is 88.4 Å². The van der Waals surface area contributed by atoms with Gasteiger partial charge in [0.05, 0.1) is 17.0 Å². The summed E-state index contributed by atoms with van der Waals surface area (Å²) in [4.78, 5) is 46.2. The van der Waals surface area contributed by atoms with Gasteiger partial charge in [-0.1, -0.05) is 39.0 Å². The van der Waals surface area contributed by atoms with Crippen molar-refractivity contribution in [3.8, 4) is 0 Å². The number of carbonyl (C=O) groups excluding carboxylic acids is 3. The summed E-state index contributed by atoms with van der Waals surface area (Å²) < 4.78 is 2.08. The number of rotatable bonds is 7. The Labute approximate surface area is 265 Å². The van der Waals surface area contributed by atoms with E-state index in [4.69, 9.17) is 5.10 Å². The van der Waals surface area contributed by atoms with Crippen LogP contribution >= 0.6 is 11.8 Å². The maximum absolute atomic E-state index is 13.8. The fourth-order valence-electron chi connectivity index (χ4n) is 6.85. The van der Waals surface area contributed by atoms with Gasteiger partial charge >= 0.3 is 6.03 Å². The summed E-state index contributed by atoms with van der Waals surface area (Å²) in [6.45, 7) is 11.1. The number of hydrogen-bond donors (Lipinski definition) is 2. The van der Waals surface area contributed by atoms with Crippen molar-refractivity contribution in [2.24, 2.45) is 5.41 Å². The number of urea groups is 1. The standard InChI is InChI=1S/C33H47N7O3S/c1-33(2,3)14-21-39-30(42)28(44-31(39)27-13-20-40(36-27)25-8-15-34-16-9-25)22-29(41)37-17-11-24(12-18-37)38-19-10-23-6-4-5-7-26(23)35-32(38)43/h4-7,13,20,24-25,28,31,34H,8-12,14-19,21-22H2,1-3H3,(H,35,43)/t28-,31?/m0/s1. The second kappa shape index (κ2) is 13.1. The SMILES string of the molecule is CC(C)(C)CCN1C(=O)[C@H](CC(=O)N2CCC(N3CCc4ccccc4NC3=O)CC2)SC1c1ccn(C2CCNCC2)n1. The molecule has 44 heavy (non-hydrogen) atoms. The average Bonchev–Trinajstić information content (AvgIpc) is 3.57. The van der Waals surface area contributed by atoms with Gasteiger partial charge in [-0.3, -0.25) is 14.3 Å². The molecule has 1 aromatic heterocycles. The van der Waals surface area contributed by atoms with Crippen molar-refractivity contribution in [1.82, 2.24) is 29.8 Å². The zero-order valence-electron chi connectivity index (χ0n) is 26.3. The molecule has 0 saturated carbocycles. The summed E-state index contributed by atoms with van der Waals surface area (Å²) in [5.74, 6) is 0.0726. The van der Waals surface area contributed by atoms with E-state index in [9.17, 15) is 14.4 Å². The van der Waals surface area contributed by atoms with E-state index in [-0.39, 0.29) is 41.1 Å². The van der Waals surface area contributed by atoms with E-state index in [0.717, 1.165) is 68.6 Å². The Bertz CT molecular complexity index is 1340. The van der Waals surface area contributed by atoms with Crippen molar-refractivity contribution in [3.05, 3.63) is 47.8 Å². The van der Waals surface area contributed by atoms with Gasteiger partial charge in [-0.05, 0) is 74.7 Å². The molecule has 5 heterocycles. The number of thioether (sulfide) groups is 1. The molecular weight excluding hydrogens is 574 g/mol. The molecule has 1 aromatic carbocycles. The van der Waals surface area contributed by atoms with E-state index in [1.165, 1.54) is 0 Å². The van der Waals surface area contributed by atoms with Crippen LogP contribution < -0.4 is 10.6 Å². The topological polar surface area (TPSA) is 103 Å². The van der Waals surface area contributed by atoms with Crippen LogP contribution in [0.1, 0.15) is 82.0 Å². The lowest BCUT2D eigenvalue weighted by Gasteiger charge is -2.38. The van der Waals surface area contributed by atoms with Crippen LogP contribution in [0.15, 0.2) is 36.5 Å². The highest BCUT2D eigenvalue weighted by molar-refractivity contribution is 8.01. The van der Waals surface area contributed by atoms with Crippen molar-refractivity contribution in [1.29, 1.82) is 0 Å². The third-order valence-corrected chi connectivity index (χ3v) is 11.0. The molecular formula is C33H47N7O3S. The third-order valence-electron chi connectivity index (χ3n) is 9.56. The van der Waals surface area contributed by atoms with Crippen LogP contribution in [0.3, 0.4) is 0 Å². The first-order chi connectivity index (χ1) is 21.2. The summed E-state index contributed by atoms with van der Waals surface area (Å²) >= 11 is 1.58. The predicted molar refractivity (Wildman–Crippen MR) is 173 cm³/mol. The molecule has 11 heteroatoms. The largest absolute Gasteiger partial charge is 0.342 e. The van der Waals surface area contributed by atoms with E-state index < -0.39 is 5.25 Å². The Morgan fingerprint density at radius 1 is 1.00 bits per heavy atom. The lowest BCUT2D eigenvalue weighted by Crippen LogP contribution is -2.50. The quantitative estimate of drug-likeness (QED) is 0.467. The molecule has 2 N–H and O–H groups in total. The average molecular weight is 622 g/mol. The highest BCUT2D eigenvalue weighted by Crippen LogP contribution is 2.45. The van der Waals surface area contributed by atoms with Crippen LogP contribution in [-0.4, -0.2) is 92.9 Å². The number of fused-ring (bicyclic) bond motifs is 1. The van der Waals surface area contributed by atoms with Crippen molar-refractivity contribution in [3.63, 3.8) is 0 Å². The normalized spacial score (nSPS) is 23.9. The molecule has 3 fully saturated rings. The molecule has 2 atom stereocenters. The number of benzene rings is 1.